The molecule has 3 aliphatic carbocycles. The molecule has 32 heavy (non-hydrogen) atoms. The van der Waals surface area contributed by atoms with Crippen molar-refractivity contribution in [3.05, 3.63) is 23.3 Å². The van der Waals surface area contributed by atoms with E-state index >= 15 is 0 Å². The molecule has 180 valence electrons. The van der Waals surface area contributed by atoms with Gasteiger partial charge in [0.25, 0.3) is 0 Å². The first-order chi connectivity index (χ1) is 15.2. The average molecular weight is 442 g/mol. The highest BCUT2D eigenvalue weighted by molar-refractivity contribution is 5.84. The summed E-state index contributed by atoms with van der Waals surface area (Å²) < 4.78 is 0. The van der Waals surface area contributed by atoms with Gasteiger partial charge >= 0.3 is 0 Å². The maximum atomic E-state index is 10.4. The van der Waals surface area contributed by atoms with Crippen LogP contribution in [0.25, 0.3) is 0 Å². The maximum Gasteiger partial charge on any atom is 0.164 e. The Bertz CT molecular complexity index is 765. The van der Waals surface area contributed by atoms with Crippen LogP contribution in [0.5, 0.6) is 0 Å². The van der Waals surface area contributed by atoms with Gasteiger partial charge < -0.3 is 9.94 Å². The topological polar surface area (TPSA) is 41.8 Å². The summed E-state index contributed by atoms with van der Waals surface area (Å²) in [6, 6.07) is 0. The number of rotatable bonds is 6. The van der Waals surface area contributed by atoms with Crippen LogP contribution in [0.15, 0.2) is 28.5 Å². The molecule has 3 saturated carbocycles. The van der Waals surface area contributed by atoms with Gasteiger partial charge in [-0.2, -0.15) is 0 Å². The Morgan fingerprint density at radius 3 is 2.66 bits per heavy atom. The normalized spacial score (nSPS) is 40.7. The van der Waals surface area contributed by atoms with Crippen LogP contribution >= 0.6 is 0 Å². The highest BCUT2D eigenvalue weighted by atomic mass is 16.7. The zero-order chi connectivity index (χ0) is 22.9. The van der Waals surface area contributed by atoms with Crippen molar-refractivity contribution in [1.29, 1.82) is 0 Å². The van der Waals surface area contributed by atoms with E-state index in [0.717, 1.165) is 55.1 Å². The summed E-state index contributed by atoms with van der Waals surface area (Å²) in [6.07, 6.45) is 18.7. The lowest BCUT2D eigenvalue weighted by Gasteiger charge is -2.44. The van der Waals surface area contributed by atoms with Crippen molar-refractivity contribution < 1.29 is 9.94 Å². The van der Waals surface area contributed by atoms with Crippen LogP contribution < -0.4 is 0 Å². The molecule has 0 aromatic heterocycles. The summed E-state index contributed by atoms with van der Waals surface area (Å²) in [7, 11) is 0. The van der Waals surface area contributed by atoms with Crippen LogP contribution in [0.1, 0.15) is 112 Å². The number of oxime groups is 1. The quantitative estimate of drug-likeness (QED) is 0.461. The lowest BCUT2D eigenvalue weighted by molar-refractivity contribution is -0.0282. The number of hydrogen-bond acceptors (Lipinski definition) is 3. The molecule has 6 atom stereocenters. The molecular weight excluding hydrogens is 394 g/mol. The first-order valence-electron chi connectivity index (χ1n) is 13.5. The van der Waals surface area contributed by atoms with E-state index in [1.807, 2.05) is 0 Å². The SMILES string of the molecule is CC1=NO[C@]2(CC[C@H](O)C/C2=C\C=C2/CCC[C@]3(C)[C@@H]([C@H](C)CCCC(C)C)CC[C@@H]23)C1. The van der Waals surface area contributed by atoms with E-state index in [-0.39, 0.29) is 11.7 Å². The molecule has 1 heterocycles. The number of aliphatic hydroxyl groups excluding tert-OH is 1. The van der Waals surface area contributed by atoms with Crippen molar-refractivity contribution in [3.8, 4) is 0 Å². The summed E-state index contributed by atoms with van der Waals surface area (Å²) in [6.45, 7) is 11.9. The first-order valence-corrected chi connectivity index (χ1v) is 13.5. The van der Waals surface area contributed by atoms with Gasteiger partial charge in [-0.15, -0.1) is 0 Å². The van der Waals surface area contributed by atoms with Crippen molar-refractivity contribution in [1.82, 2.24) is 0 Å². The van der Waals surface area contributed by atoms with Crippen molar-refractivity contribution >= 4 is 5.71 Å². The molecule has 0 saturated heterocycles. The van der Waals surface area contributed by atoms with Gasteiger partial charge in [0.1, 0.15) is 0 Å². The Morgan fingerprint density at radius 2 is 1.94 bits per heavy atom. The second kappa shape index (κ2) is 9.65. The summed E-state index contributed by atoms with van der Waals surface area (Å²) in [4.78, 5) is 5.98. The molecule has 0 radical (unpaired) electrons. The van der Waals surface area contributed by atoms with E-state index in [9.17, 15) is 5.11 Å². The third-order valence-electron chi connectivity index (χ3n) is 9.50. The van der Waals surface area contributed by atoms with Gasteiger partial charge in [0.15, 0.2) is 5.60 Å². The Morgan fingerprint density at radius 1 is 1.12 bits per heavy atom. The molecule has 3 heteroatoms. The molecule has 1 N–H and O–H groups in total. The number of allylic oxidation sites excluding steroid dienone is 3. The van der Waals surface area contributed by atoms with Crippen LogP contribution in [0.4, 0.5) is 0 Å². The predicted octanol–water partition coefficient (Wildman–Crippen LogP) is 7.60. The van der Waals surface area contributed by atoms with Gasteiger partial charge in [-0.3, -0.25) is 0 Å². The Kier molecular flexibility index (Phi) is 7.25. The highest BCUT2D eigenvalue weighted by Crippen LogP contribution is 2.60. The Balaban J connectivity index is 1.50. The number of fused-ring (bicyclic) bond motifs is 1. The van der Waals surface area contributed by atoms with Crippen LogP contribution in [0, 0.1) is 29.1 Å². The molecule has 1 spiro atoms. The molecule has 3 nitrogen and oxygen atoms in total. The van der Waals surface area contributed by atoms with E-state index in [0.29, 0.717) is 5.41 Å². The lowest BCUT2D eigenvalue weighted by Crippen LogP contribution is -2.38. The minimum Gasteiger partial charge on any atom is -0.393 e. The van der Waals surface area contributed by atoms with Gasteiger partial charge in [-0.05, 0) is 93.0 Å². The summed E-state index contributed by atoms with van der Waals surface area (Å²) in [5.74, 6) is 3.27. The summed E-state index contributed by atoms with van der Waals surface area (Å²) in [5.41, 5.74) is 4.17. The smallest absolute Gasteiger partial charge is 0.164 e. The van der Waals surface area contributed by atoms with Crippen molar-refractivity contribution in [3.63, 3.8) is 0 Å². The van der Waals surface area contributed by atoms with E-state index in [2.05, 4.69) is 51.9 Å². The van der Waals surface area contributed by atoms with Crippen molar-refractivity contribution in [2.24, 2.45) is 34.2 Å². The van der Waals surface area contributed by atoms with Gasteiger partial charge in [0, 0.05) is 6.42 Å². The first kappa shape index (κ1) is 24.0. The molecule has 0 aromatic carbocycles. The summed E-state index contributed by atoms with van der Waals surface area (Å²) >= 11 is 0. The van der Waals surface area contributed by atoms with Crippen molar-refractivity contribution in [2.75, 3.05) is 0 Å². The monoisotopic (exact) mass is 441 g/mol. The Labute approximate surface area is 196 Å². The van der Waals surface area contributed by atoms with E-state index < -0.39 is 0 Å². The molecule has 4 aliphatic rings. The average Bonchev–Trinajstić information content (AvgIpc) is 3.29. The molecular formula is C29H47NO2. The van der Waals surface area contributed by atoms with Crippen LogP contribution in [-0.2, 0) is 4.84 Å². The molecule has 0 bridgehead atoms. The fourth-order valence-electron chi connectivity index (χ4n) is 7.74. The minimum atomic E-state index is -0.290. The van der Waals surface area contributed by atoms with E-state index in [1.54, 1.807) is 5.57 Å². The molecule has 0 unspecified atom stereocenters. The van der Waals surface area contributed by atoms with Crippen molar-refractivity contribution in [2.45, 2.75) is 123 Å². The Hall–Kier alpha value is -1.09. The number of nitrogens with zero attached hydrogens (tertiary/aromatic N) is 1. The fraction of sp³-hybridized carbons (Fsp3) is 0.828. The zero-order valence-corrected chi connectivity index (χ0v) is 21.3. The third-order valence-corrected chi connectivity index (χ3v) is 9.50. The highest BCUT2D eigenvalue weighted by Gasteiger charge is 2.50. The predicted molar refractivity (Wildman–Crippen MR) is 134 cm³/mol. The second-order valence-corrected chi connectivity index (χ2v) is 12.3. The summed E-state index contributed by atoms with van der Waals surface area (Å²) in [5, 5.41) is 14.6. The second-order valence-electron chi connectivity index (χ2n) is 12.3. The number of hydrogen-bond donors (Lipinski definition) is 1. The van der Waals surface area contributed by atoms with Gasteiger partial charge in [-0.25, -0.2) is 0 Å². The van der Waals surface area contributed by atoms with Crippen LogP contribution in [0.3, 0.4) is 0 Å². The van der Waals surface area contributed by atoms with E-state index in [1.165, 1.54) is 56.9 Å². The van der Waals surface area contributed by atoms with Gasteiger partial charge in [-0.1, -0.05) is 69.8 Å². The molecule has 1 aliphatic heterocycles. The van der Waals surface area contributed by atoms with Crippen LogP contribution in [-0.4, -0.2) is 22.5 Å². The molecule has 4 rings (SSSR count). The molecule has 3 fully saturated rings. The molecule has 0 amide bonds. The largest absolute Gasteiger partial charge is 0.393 e. The van der Waals surface area contributed by atoms with E-state index in [4.69, 9.17) is 4.84 Å². The molecule has 0 aromatic rings. The number of aliphatic hydroxyl groups is 1. The van der Waals surface area contributed by atoms with Gasteiger partial charge in [0.05, 0.1) is 11.8 Å². The zero-order valence-electron chi connectivity index (χ0n) is 21.3. The van der Waals surface area contributed by atoms with Crippen LogP contribution in [0.2, 0.25) is 0 Å². The maximum absolute atomic E-state index is 10.4. The third kappa shape index (κ3) is 4.74. The van der Waals surface area contributed by atoms with Gasteiger partial charge in [0.2, 0.25) is 0 Å². The minimum absolute atomic E-state index is 0.242. The fourth-order valence-corrected chi connectivity index (χ4v) is 7.74. The lowest BCUT2D eigenvalue weighted by atomic mass is 9.60. The standard InChI is InChI=1S/C29H47NO2/c1-20(2)8-6-9-21(3)26-13-14-27-23(10-7-16-28(26,27)5)11-12-24-18-25(31)15-17-29(24)19-22(4)30-32-29/h11-12,20-21,25-27,31H,6-10,13-19H2,1-5H3/b23-11+,24-12+/t21-,25+,26-,27+,28-,29-/m1/s1.